The number of fused-ring (bicyclic) bond motifs is 1. The molecular weight excluding hydrogens is 266 g/mol. The van der Waals surface area contributed by atoms with Gasteiger partial charge in [-0.3, -0.25) is 0 Å². The lowest BCUT2D eigenvalue weighted by molar-refractivity contribution is 0.0602. The fourth-order valence-electron chi connectivity index (χ4n) is 2.94. The topological polar surface area (TPSA) is 51.5 Å². The maximum atomic E-state index is 11.8. The molecule has 1 unspecified atom stereocenters. The van der Waals surface area contributed by atoms with Crippen LogP contribution in [0.5, 0.6) is 0 Å². The number of methoxy groups -OCH3 is 1. The summed E-state index contributed by atoms with van der Waals surface area (Å²) in [5.74, 6) is -0.312. The average molecular weight is 285 g/mol. The molecule has 1 N–H and O–H groups in total. The Labute approximate surface area is 123 Å². The number of benzene rings is 1. The van der Waals surface area contributed by atoms with Crippen molar-refractivity contribution in [2.75, 3.05) is 7.11 Å². The summed E-state index contributed by atoms with van der Waals surface area (Å²) in [4.78, 5) is 11.8. The van der Waals surface area contributed by atoms with Gasteiger partial charge in [0.05, 0.1) is 18.8 Å². The quantitative estimate of drug-likeness (QED) is 0.863. The number of ether oxygens (including phenoxy) is 1. The van der Waals surface area contributed by atoms with Crippen LogP contribution in [0.4, 0.5) is 0 Å². The second-order valence-electron chi connectivity index (χ2n) is 5.53. The van der Waals surface area contributed by atoms with Crippen LogP contribution < -0.4 is 0 Å². The van der Waals surface area contributed by atoms with Crippen LogP contribution in [0.1, 0.15) is 35.2 Å². The van der Waals surface area contributed by atoms with Gasteiger partial charge in [-0.05, 0) is 36.5 Å². The smallest absolute Gasteiger partial charge is 0.340 e. The largest absolute Gasteiger partial charge is 0.465 e. The van der Waals surface area contributed by atoms with E-state index in [1.165, 1.54) is 12.7 Å². The second-order valence-corrected chi connectivity index (χ2v) is 5.53. The minimum atomic E-state index is -0.312. The Morgan fingerprint density at radius 1 is 1.43 bits per heavy atom. The van der Waals surface area contributed by atoms with Crippen molar-refractivity contribution in [2.45, 2.75) is 25.4 Å². The molecule has 1 aromatic carbocycles. The number of nitrogens with zero attached hydrogens (tertiary/aromatic N) is 1. The molecule has 1 aliphatic carbocycles. The summed E-state index contributed by atoms with van der Waals surface area (Å²) in [5.41, 5.74) is 4.03. The van der Waals surface area contributed by atoms with E-state index < -0.39 is 0 Å². The van der Waals surface area contributed by atoms with Crippen molar-refractivity contribution >= 4 is 22.4 Å². The first-order valence-electron chi connectivity index (χ1n) is 7.15. The summed E-state index contributed by atoms with van der Waals surface area (Å²) in [7, 11) is 3.32. The van der Waals surface area contributed by atoms with Crippen LogP contribution in [-0.2, 0) is 11.8 Å². The number of aliphatic hydroxyl groups is 1. The molecule has 21 heavy (non-hydrogen) atoms. The van der Waals surface area contributed by atoms with E-state index >= 15 is 0 Å². The Hall–Kier alpha value is -2.07. The van der Waals surface area contributed by atoms with Crippen molar-refractivity contribution in [1.29, 1.82) is 0 Å². The Morgan fingerprint density at radius 2 is 2.24 bits per heavy atom. The standard InChI is InChI=1S/C17H19NO3/c1-18-10-15(17(20)21-2)14-8-5-12(9-16(14)18)11-3-6-13(19)7-4-11/h3,5,8-10,13,19H,4,6-7H2,1-2H3. The lowest BCUT2D eigenvalue weighted by Crippen LogP contribution is -2.09. The number of hydrogen-bond donors (Lipinski definition) is 1. The number of carbonyl (C=O) groups is 1. The first kappa shape index (κ1) is 13.9. The van der Waals surface area contributed by atoms with Crippen molar-refractivity contribution in [3.63, 3.8) is 0 Å². The molecule has 1 atom stereocenters. The van der Waals surface area contributed by atoms with Crippen LogP contribution in [0.2, 0.25) is 0 Å². The molecule has 0 bridgehead atoms. The van der Waals surface area contributed by atoms with Crippen molar-refractivity contribution in [3.8, 4) is 0 Å². The number of aryl methyl sites for hydroxylation is 1. The number of rotatable bonds is 2. The summed E-state index contributed by atoms with van der Waals surface area (Å²) >= 11 is 0. The minimum Gasteiger partial charge on any atom is -0.465 e. The highest BCUT2D eigenvalue weighted by Crippen LogP contribution is 2.30. The molecule has 0 aliphatic heterocycles. The lowest BCUT2D eigenvalue weighted by Gasteiger charge is -2.17. The maximum absolute atomic E-state index is 11.8. The predicted molar refractivity (Wildman–Crippen MR) is 82.1 cm³/mol. The fraction of sp³-hybridized carbons (Fsp3) is 0.353. The van der Waals surface area contributed by atoms with Crippen molar-refractivity contribution < 1.29 is 14.6 Å². The zero-order valence-electron chi connectivity index (χ0n) is 12.3. The van der Waals surface area contributed by atoms with Gasteiger partial charge in [-0.25, -0.2) is 4.79 Å². The van der Waals surface area contributed by atoms with Gasteiger partial charge in [0.2, 0.25) is 0 Å². The molecular formula is C17H19NO3. The Balaban J connectivity index is 2.05. The number of aliphatic hydroxyl groups excluding tert-OH is 1. The van der Waals surface area contributed by atoms with Gasteiger partial charge in [-0.2, -0.15) is 0 Å². The van der Waals surface area contributed by atoms with Crippen LogP contribution in [0.15, 0.2) is 30.5 Å². The van der Waals surface area contributed by atoms with Gasteiger partial charge in [-0.15, -0.1) is 0 Å². The number of esters is 1. The monoisotopic (exact) mass is 285 g/mol. The van der Waals surface area contributed by atoms with E-state index in [0.29, 0.717) is 12.0 Å². The highest BCUT2D eigenvalue weighted by molar-refractivity contribution is 6.04. The molecule has 4 nitrogen and oxygen atoms in total. The highest BCUT2D eigenvalue weighted by atomic mass is 16.5. The molecule has 1 aromatic heterocycles. The van der Waals surface area contributed by atoms with Gasteiger partial charge in [0.25, 0.3) is 0 Å². The van der Waals surface area contributed by atoms with Gasteiger partial charge in [0, 0.05) is 24.1 Å². The summed E-state index contributed by atoms with van der Waals surface area (Å²) in [5, 5.41) is 10.5. The number of allylic oxidation sites excluding steroid dienone is 1. The van der Waals surface area contributed by atoms with E-state index in [0.717, 1.165) is 29.3 Å². The van der Waals surface area contributed by atoms with E-state index in [4.69, 9.17) is 4.74 Å². The molecule has 0 radical (unpaired) electrons. The second kappa shape index (κ2) is 5.37. The van der Waals surface area contributed by atoms with Crippen molar-refractivity contribution in [3.05, 3.63) is 41.6 Å². The van der Waals surface area contributed by atoms with E-state index in [1.54, 1.807) is 6.20 Å². The van der Waals surface area contributed by atoms with Gasteiger partial charge in [0.1, 0.15) is 0 Å². The molecule has 0 saturated carbocycles. The SMILES string of the molecule is COC(=O)c1cn(C)c2cc(C3=CCC(O)CC3)ccc12. The summed E-state index contributed by atoms with van der Waals surface area (Å²) in [6.45, 7) is 0. The third-order valence-electron chi connectivity index (χ3n) is 4.15. The molecule has 1 heterocycles. The molecule has 0 saturated heterocycles. The van der Waals surface area contributed by atoms with Crippen LogP contribution >= 0.6 is 0 Å². The normalized spacial score (nSPS) is 18.6. The highest BCUT2D eigenvalue weighted by Gasteiger charge is 2.17. The van der Waals surface area contributed by atoms with Gasteiger partial charge in [-0.1, -0.05) is 18.2 Å². The van der Waals surface area contributed by atoms with Gasteiger partial charge >= 0.3 is 5.97 Å². The molecule has 4 heteroatoms. The molecule has 0 fully saturated rings. The number of carbonyl (C=O) groups excluding carboxylic acids is 1. The first-order chi connectivity index (χ1) is 10.1. The molecule has 0 amide bonds. The number of aromatic nitrogens is 1. The van der Waals surface area contributed by atoms with E-state index in [9.17, 15) is 9.90 Å². The maximum Gasteiger partial charge on any atom is 0.340 e. The summed E-state index contributed by atoms with van der Waals surface area (Å²) in [6, 6.07) is 6.12. The minimum absolute atomic E-state index is 0.210. The molecule has 1 aliphatic rings. The summed E-state index contributed by atoms with van der Waals surface area (Å²) in [6.07, 6.45) is 6.12. The van der Waals surface area contributed by atoms with Crippen LogP contribution in [-0.4, -0.2) is 28.9 Å². The average Bonchev–Trinajstić information content (AvgIpc) is 2.84. The van der Waals surface area contributed by atoms with Crippen LogP contribution in [0.25, 0.3) is 16.5 Å². The lowest BCUT2D eigenvalue weighted by atomic mass is 9.91. The zero-order valence-corrected chi connectivity index (χ0v) is 12.3. The van der Waals surface area contributed by atoms with Crippen LogP contribution in [0.3, 0.4) is 0 Å². The Kier molecular flexibility index (Phi) is 3.55. The van der Waals surface area contributed by atoms with Crippen molar-refractivity contribution in [2.24, 2.45) is 7.05 Å². The molecule has 0 spiro atoms. The van der Waals surface area contributed by atoms with Gasteiger partial charge < -0.3 is 14.4 Å². The number of hydrogen-bond acceptors (Lipinski definition) is 3. The van der Waals surface area contributed by atoms with E-state index in [-0.39, 0.29) is 12.1 Å². The first-order valence-corrected chi connectivity index (χ1v) is 7.15. The predicted octanol–water partition coefficient (Wildman–Crippen LogP) is 2.89. The van der Waals surface area contributed by atoms with Crippen molar-refractivity contribution in [1.82, 2.24) is 4.57 Å². The van der Waals surface area contributed by atoms with Crippen LogP contribution in [0, 0.1) is 0 Å². The van der Waals surface area contributed by atoms with E-state index in [2.05, 4.69) is 12.1 Å². The van der Waals surface area contributed by atoms with E-state index in [1.807, 2.05) is 23.7 Å². The fourth-order valence-corrected chi connectivity index (χ4v) is 2.94. The van der Waals surface area contributed by atoms with Gasteiger partial charge in [0.15, 0.2) is 0 Å². The molecule has 3 rings (SSSR count). The zero-order chi connectivity index (χ0) is 15.0. The third kappa shape index (κ3) is 2.47. The Morgan fingerprint density at radius 3 is 2.90 bits per heavy atom. The molecule has 110 valence electrons. The third-order valence-corrected chi connectivity index (χ3v) is 4.15. The molecule has 2 aromatic rings. The Bertz CT molecular complexity index is 727. The summed E-state index contributed by atoms with van der Waals surface area (Å²) < 4.78 is 6.77.